The molecule has 3 aromatic rings. The molecule has 0 aliphatic carbocycles. The zero-order valence-electron chi connectivity index (χ0n) is 14.3. The molecule has 0 aliphatic rings. The number of hydrogen-bond donors (Lipinski definition) is 0. The van der Waals surface area contributed by atoms with Gasteiger partial charge in [0.1, 0.15) is 0 Å². The van der Waals surface area contributed by atoms with Crippen molar-refractivity contribution in [2.45, 2.75) is 19.8 Å². The van der Waals surface area contributed by atoms with Crippen LogP contribution in [0.15, 0.2) is 60.7 Å². The van der Waals surface area contributed by atoms with Crippen molar-refractivity contribution in [3.8, 4) is 17.0 Å². The molecule has 25 heavy (non-hydrogen) atoms. The van der Waals surface area contributed by atoms with E-state index >= 15 is 0 Å². The molecule has 2 aromatic carbocycles. The minimum absolute atomic E-state index is 0.192. The highest BCUT2D eigenvalue weighted by Gasteiger charge is 2.09. The molecule has 0 saturated carbocycles. The van der Waals surface area contributed by atoms with Gasteiger partial charge in [-0.3, -0.25) is 4.79 Å². The Morgan fingerprint density at radius 3 is 2.60 bits per heavy atom. The van der Waals surface area contributed by atoms with Crippen LogP contribution >= 0.6 is 0 Å². The Hall–Kier alpha value is -2.88. The lowest BCUT2D eigenvalue weighted by Crippen LogP contribution is -2.07. The largest absolute Gasteiger partial charge is 0.478 e. The summed E-state index contributed by atoms with van der Waals surface area (Å²) in [5, 5.41) is 1.09. The van der Waals surface area contributed by atoms with Crippen molar-refractivity contribution in [2.75, 3.05) is 13.2 Å². The third-order valence-electron chi connectivity index (χ3n) is 3.86. The number of esters is 1. The van der Waals surface area contributed by atoms with Crippen molar-refractivity contribution in [1.29, 1.82) is 0 Å². The average molecular weight is 335 g/mol. The topological polar surface area (TPSA) is 48.4 Å². The molecule has 128 valence electrons. The summed E-state index contributed by atoms with van der Waals surface area (Å²) in [4.78, 5) is 16.0. The van der Waals surface area contributed by atoms with Crippen molar-refractivity contribution >= 4 is 16.9 Å². The SMILES string of the molecule is CCOC(=O)CCCOc1cc(-c2ccccc2)c2ccccc2n1. The van der Waals surface area contributed by atoms with E-state index in [4.69, 9.17) is 9.47 Å². The maximum atomic E-state index is 11.4. The van der Waals surface area contributed by atoms with E-state index in [2.05, 4.69) is 23.2 Å². The lowest BCUT2D eigenvalue weighted by molar-refractivity contribution is -0.143. The molecule has 1 aromatic heterocycles. The van der Waals surface area contributed by atoms with E-state index < -0.39 is 0 Å². The average Bonchev–Trinajstić information content (AvgIpc) is 2.65. The van der Waals surface area contributed by atoms with Gasteiger partial charge in [0.15, 0.2) is 0 Å². The Morgan fingerprint density at radius 2 is 1.80 bits per heavy atom. The highest BCUT2D eigenvalue weighted by Crippen LogP contribution is 2.30. The normalized spacial score (nSPS) is 10.6. The molecule has 0 atom stereocenters. The fourth-order valence-electron chi connectivity index (χ4n) is 2.71. The molecule has 0 fully saturated rings. The van der Waals surface area contributed by atoms with Crippen LogP contribution in [0.4, 0.5) is 0 Å². The number of aromatic nitrogens is 1. The first-order chi connectivity index (χ1) is 12.3. The van der Waals surface area contributed by atoms with Crippen LogP contribution in [-0.2, 0) is 9.53 Å². The van der Waals surface area contributed by atoms with Gasteiger partial charge < -0.3 is 9.47 Å². The predicted octanol–water partition coefficient (Wildman–Crippen LogP) is 4.62. The third-order valence-corrected chi connectivity index (χ3v) is 3.86. The fraction of sp³-hybridized carbons (Fsp3) is 0.238. The second kappa shape index (κ2) is 8.29. The van der Waals surface area contributed by atoms with E-state index in [0.29, 0.717) is 31.9 Å². The summed E-state index contributed by atoms with van der Waals surface area (Å²) in [5.41, 5.74) is 3.10. The molecule has 0 saturated heterocycles. The minimum Gasteiger partial charge on any atom is -0.478 e. The van der Waals surface area contributed by atoms with Gasteiger partial charge in [-0.15, -0.1) is 0 Å². The standard InChI is InChI=1S/C21H21NO3/c1-2-24-21(23)13-8-14-25-20-15-18(16-9-4-3-5-10-16)17-11-6-7-12-19(17)22-20/h3-7,9-12,15H,2,8,13-14H2,1H3. The third kappa shape index (κ3) is 4.35. The fourth-order valence-corrected chi connectivity index (χ4v) is 2.71. The van der Waals surface area contributed by atoms with Crippen LogP contribution in [0.2, 0.25) is 0 Å². The maximum absolute atomic E-state index is 11.4. The van der Waals surface area contributed by atoms with Crippen LogP contribution in [0.5, 0.6) is 5.88 Å². The molecule has 0 bridgehead atoms. The van der Waals surface area contributed by atoms with Crippen LogP contribution in [0.1, 0.15) is 19.8 Å². The second-order valence-electron chi connectivity index (χ2n) is 5.65. The first kappa shape index (κ1) is 17.0. The number of carbonyl (C=O) groups excluding carboxylic acids is 1. The van der Waals surface area contributed by atoms with Crippen LogP contribution in [0.3, 0.4) is 0 Å². The molecule has 0 amide bonds. The van der Waals surface area contributed by atoms with Gasteiger partial charge in [0.2, 0.25) is 5.88 Å². The molecule has 0 unspecified atom stereocenters. The zero-order valence-corrected chi connectivity index (χ0v) is 14.3. The van der Waals surface area contributed by atoms with Gasteiger partial charge in [0.05, 0.1) is 18.7 Å². The lowest BCUT2D eigenvalue weighted by Gasteiger charge is -2.11. The van der Waals surface area contributed by atoms with Gasteiger partial charge in [-0.05, 0) is 30.5 Å². The Labute approximate surface area is 147 Å². The van der Waals surface area contributed by atoms with Gasteiger partial charge in [0, 0.05) is 17.9 Å². The van der Waals surface area contributed by atoms with Crippen molar-refractivity contribution in [3.63, 3.8) is 0 Å². The van der Waals surface area contributed by atoms with Crippen molar-refractivity contribution in [3.05, 3.63) is 60.7 Å². The minimum atomic E-state index is -0.192. The van der Waals surface area contributed by atoms with Gasteiger partial charge in [-0.2, -0.15) is 0 Å². The monoisotopic (exact) mass is 335 g/mol. The zero-order chi connectivity index (χ0) is 17.5. The predicted molar refractivity (Wildman–Crippen MR) is 98.5 cm³/mol. The molecule has 0 spiro atoms. The van der Waals surface area contributed by atoms with E-state index in [-0.39, 0.29) is 5.97 Å². The molecule has 0 N–H and O–H groups in total. The molecule has 0 radical (unpaired) electrons. The van der Waals surface area contributed by atoms with E-state index in [1.807, 2.05) is 42.5 Å². The molecule has 3 rings (SSSR count). The number of benzene rings is 2. The first-order valence-corrected chi connectivity index (χ1v) is 8.51. The van der Waals surface area contributed by atoms with Gasteiger partial charge in [-0.1, -0.05) is 48.5 Å². The molecule has 4 heteroatoms. The smallest absolute Gasteiger partial charge is 0.305 e. The van der Waals surface area contributed by atoms with Gasteiger partial charge in [-0.25, -0.2) is 4.98 Å². The van der Waals surface area contributed by atoms with Crippen molar-refractivity contribution in [2.24, 2.45) is 0 Å². The Balaban J connectivity index is 1.79. The summed E-state index contributed by atoms with van der Waals surface area (Å²) in [6, 6.07) is 20.2. The second-order valence-corrected chi connectivity index (χ2v) is 5.65. The molecular weight excluding hydrogens is 314 g/mol. The molecule has 4 nitrogen and oxygen atoms in total. The number of carbonyl (C=O) groups is 1. The molecular formula is C21H21NO3. The number of para-hydroxylation sites is 1. The van der Waals surface area contributed by atoms with Crippen LogP contribution < -0.4 is 4.74 Å². The highest BCUT2D eigenvalue weighted by atomic mass is 16.5. The van der Waals surface area contributed by atoms with Crippen LogP contribution in [0.25, 0.3) is 22.0 Å². The van der Waals surface area contributed by atoms with Crippen molar-refractivity contribution < 1.29 is 14.3 Å². The maximum Gasteiger partial charge on any atom is 0.305 e. The quantitative estimate of drug-likeness (QED) is 0.467. The van der Waals surface area contributed by atoms with E-state index in [1.54, 1.807) is 6.92 Å². The van der Waals surface area contributed by atoms with Crippen LogP contribution in [0, 0.1) is 0 Å². The van der Waals surface area contributed by atoms with Gasteiger partial charge in [0.25, 0.3) is 0 Å². The Bertz CT molecular complexity index is 846. The summed E-state index contributed by atoms with van der Waals surface area (Å²) in [5.74, 6) is 0.379. The number of pyridine rings is 1. The summed E-state index contributed by atoms with van der Waals surface area (Å²) in [6.07, 6.45) is 0.959. The summed E-state index contributed by atoms with van der Waals surface area (Å²) in [7, 11) is 0. The van der Waals surface area contributed by atoms with E-state index in [0.717, 1.165) is 22.0 Å². The Kier molecular flexibility index (Phi) is 5.62. The van der Waals surface area contributed by atoms with E-state index in [1.165, 1.54) is 0 Å². The number of fused-ring (bicyclic) bond motifs is 1. The lowest BCUT2D eigenvalue weighted by atomic mass is 10.0. The summed E-state index contributed by atoms with van der Waals surface area (Å²) >= 11 is 0. The number of rotatable bonds is 7. The number of nitrogens with zero attached hydrogens (tertiary/aromatic N) is 1. The van der Waals surface area contributed by atoms with Crippen LogP contribution in [-0.4, -0.2) is 24.2 Å². The number of hydrogen-bond acceptors (Lipinski definition) is 4. The molecule has 0 aliphatic heterocycles. The molecule has 1 heterocycles. The van der Waals surface area contributed by atoms with Crippen molar-refractivity contribution in [1.82, 2.24) is 4.98 Å². The summed E-state index contributed by atoms with van der Waals surface area (Å²) in [6.45, 7) is 2.64. The van der Waals surface area contributed by atoms with Gasteiger partial charge >= 0.3 is 5.97 Å². The first-order valence-electron chi connectivity index (χ1n) is 8.51. The highest BCUT2D eigenvalue weighted by molar-refractivity contribution is 5.95. The summed E-state index contributed by atoms with van der Waals surface area (Å²) < 4.78 is 10.7. The van der Waals surface area contributed by atoms with E-state index in [9.17, 15) is 4.79 Å². The Morgan fingerprint density at radius 1 is 1.04 bits per heavy atom. The number of ether oxygens (including phenoxy) is 2.